The Hall–Kier alpha value is -4.32. The van der Waals surface area contributed by atoms with E-state index in [1.807, 2.05) is 0 Å². The zero-order valence-electron chi connectivity index (χ0n) is 40.3. The second-order valence-electron chi connectivity index (χ2n) is 18.4. The molecule has 0 N–H and O–H groups in total. The summed E-state index contributed by atoms with van der Waals surface area (Å²) in [7, 11) is 0. The first-order valence-electron chi connectivity index (χ1n) is 26.1. The van der Waals surface area contributed by atoms with Crippen LogP contribution in [0.5, 0.6) is 46.0 Å². The van der Waals surface area contributed by atoms with E-state index < -0.39 is 0 Å². The highest BCUT2D eigenvalue weighted by molar-refractivity contribution is 5.65. The van der Waals surface area contributed by atoms with E-state index in [0.29, 0.717) is 26.4 Å². The number of ether oxygens (including phenoxy) is 6. The molecule has 0 amide bonds. The molecular weight excluding hydrogens is 793 g/mol. The van der Waals surface area contributed by atoms with Gasteiger partial charge in [0.25, 0.3) is 0 Å². The predicted octanol–water partition coefficient (Wildman–Crippen LogP) is 17.8. The number of rotatable bonds is 33. The Morgan fingerprint density at radius 1 is 0.297 bits per heavy atom. The van der Waals surface area contributed by atoms with E-state index in [-0.39, 0.29) is 11.8 Å². The van der Waals surface area contributed by atoms with Crippen molar-refractivity contribution in [1.82, 2.24) is 0 Å². The molecule has 0 fully saturated rings. The summed E-state index contributed by atoms with van der Waals surface area (Å²) >= 11 is 0. The Morgan fingerprint density at radius 3 is 0.750 bits per heavy atom. The minimum atomic E-state index is -0.0647. The van der Waals surface area contributed by atoms with Crippen LogP contribution in [0.2, 0.25) is 0 Å². The predicted molar refractivity (Wildman–Crippen MR) is 265 cm³/mol. The van der Waals surface area contributed by atoms with Gasteiger partial charge in [-0.3, -0.25) is 0 Å². The van der Waals surface area contributed by atoms with Crippen molar-refractivity contribution in [3.05, 3.63) is 95.1 Å². The van der Waals surface area contributed by atoms with Gasteiger partial charge in [-0.1, -0.05) is 180 Å². The van der Waals surface area contributed by atoms with Crippen LogP contribution in [0.1, 0.15) is 216 Å². The van der Waals surface area contributed by atoms with Crippen molar-refractivity contribution in [2.75, 3.05) is 26.4 Å². The molecule has 0 saturated carbocycles. The highest BCUT2D eigenvalue weighted by Gasteiger charge is 2.40. The Bertz CT molecular complexity index is 1660. The van der Waals surface area contributed by atoms with Crippen molar-refractivity contribution in [1.29, 1.82) is 0 Å². The molecule has 0 spiro atoms. The summed E-state index contributed by atoms with van der Waals surface area (Å²) in [5, 5.41) is 0. The number of benzene rings is 4. The van der Waals surface area contributed by atoms with Crippen LogP contribution >= 0.6 is 0 Å². The molecule has 4 aromatic rings. The fraction of sp³-hybridized carbons (Fsp3) is 0.586. The van der Waals surface area contributed by atoms with E-state index in [1.54, 1.807) is 0 Å². The van der Waals surface area contributed by atoms with E-state index in [9.17, 15) is 0 Å². The van der Waals surface area contributed by atoms with Crippen LogP contribution in [0.25, 0.3) is 0 Å². The van der Waals surface area contributed by atoms with Crippen molar-refractivity contribution >= 4 is 0 Å². The summed E-state index contributed by atoms with van der Waals surface area (Å²) < 4.78 is 39.3. The molecule has 0 unspecified atom stereocenters. The normalized spacial score (nSPS) is 13.0. The Labute approximate surface area is 388 Å². The van der Waals surface area contributed by atoms with Crippen LogP contribution in [-0.2, 0) is 0 Å². The van der Waals surface area contributed by atoms with Crippen LogP contribution in [0.15, 0.2) is 72.8 Å². The van der Waals surface area contributed by atoms with Crippen LogP contribution in [-0.4, -0.2) is 26.4 Å². The molecule has 0 radical (unpaired) electrons. The maximum absolute atomic E-state index is 6.88. The fourth-order valence-corrected chi connectivity index (χ4v) is 9.38. The highest BCUT2D eigenvalue weighted by atomic mass is 16.5. The second kappa shape index (κ2) is 27.9. The molecule has 0 atom stereocenters. The van der Waals surface area contributed by atoms with Crippen molar-refractivity contribution in [3.63, 3.8) is 0 Å². The molecule has 0 bridgehead atoms. The molecule has 2 heterocycles. The number of fused-ring (bicyclic) bond motifs is 4. The molecule has 64 heavy (non-hydrogen) atoms. The molecule has 6 heteroatoms. The SMILES string of the molecule is CCCCCCCCOc1ccc2c(c1)Oc1cc(OCCCCCCCC)ccc1C2C1c2ccc(OCCCCCCCC)cc2Oc2cc(OCCCCCCCC)ccc21. The Balaban J connectivity index is 1.29. The lowest BCUT2D eigenvalue weighted by atomic mass is 9.71. The monoisotopic (exact) mass is 875 g/mol. The molecule has 2 aliphatic heterocycles. The van der Waals surface area contributed by atoms with E-state index in [4.69, 9.17) is 28.4 Å². The average Bonchev–Trinajstić information content (AvgIpc) is 3.31. The molecule has 0 saturated heterocycles. The smallest absolute Gasteiger partial charge is 0.134 e. The summed E-state index contributed by atoms with van der Waals surface area (Å²) in [6.07, 6.45) is 29.5. The number of hydrogen-bond acceptors (Lipinski definition) is 6. The van der Waals surface area contributed by atoms with E-state index >= 15 is 0 Å². The molecule has 6 rings (SSSR count). The molecule has 0 aromatic heterocycles. The highest BCUT2D eigenvalue weighted by Crippen LogP contribution is 2.58. The van der Waals surface area contributed by atoms with Gasteiger partial charge < -0.3 is 28.4 Å². The number of unbranched alkanes of at least 4 members (excludes halogenated alkanes) is 20. The van der Waals surface area contributed by atoms with Gasteiger partial charge in [-0.15, -0.1) is 0 Å². The first-order valence-corrected chi connectivity index (χ1v) is 26.1. The standard InChI is InChI=1S/C58H82O6/c1-5-9-13-17-21-25-37-59-45-29-33-49-53(41-45)63-54-42-46(60-38-26-22-18-14-10-6-2)30-34-50(54)57(49)58-51-35-31-47(61-39-27-23-19-15-11-7-3)43-55(51)64-56-44-48(32-36-52(56)58)62-40-28-24-20-16-12-8-4/h29-36,41-44,57-58H,5-28,37-40H2,1-4H3. The van der Waals surface area contributed by atoms with E-state index in [2.05, 4.69) is 100 Å². The molecule has 4 aromatic carbocycles. The first kappa shape index (κ1) is 49.1. The summed E-state index contributed by atoms with van der Waals surface area (Å²) in [6.45, 7) is 11.9. The van der Waals surface area contributed by atoms with Gasteiger partial charge in [0.1, 0.15) is 46.0 Å². The van der Waals surface area contributed by atoms with E-state index in [0.717, 1.165) is 93.9 Å². The van der Waals surface area contributed by atoms with Crippen LogP contribution in [0.4, 0.5) is 0 Å². The lowest BCUT2D eigenvalue weighted by Crippen LogP contribution is -2.22. The third kappa shape index (κ3) is 14.9. The van der Waals surface area contributed by atoms with Crippen molar-refractivity contribution in [2.45, 2.75) is 194 Å². The maximum atomic E-state index is 6.88. The molecule has 350 valence electrons. The maximum Gasteiger partial charge on any atom is 0.134 e. The van der Waals surface area contributed by atoms with Crippen LogP contribution < -0.4 is 28.4 Å². The quantitative estimate of drug-likeness (QED) is 0.0445. The Kier molecular flexibility index (Phi) is 21.4. The van der Waals surface area contributed by atoms with Crippen molar-refractivity contribution < 1.29 is 28.4 Å². The van der Waals surface area contributed by atoms with Gasteiger partial charge in [-0.05, 0) is 49.9 Å². The third-order valence-electron chi connectivity index (χ3n) is 13.1. The molecule has 2 aliphatic rings. The van der Waals surface area contributed by atoms with Gasteiger partial charge in [0.15, 0.2) is 0 Å². The summed E-state index contributed by atoms with van der Waals surface area (Å²) in [4.78, 5) is 0. The average molecular weight is 875 g/mol. The largest absolute Gasteiger partial charge is 0.493 e. The minimum absolute atomic E-state index is 0.0647. The zero-order valence-corrected chi connectivity index (χ0v) is 40.3. The van der Waals surface area contributed by atoms with Gasteiger partial charge in [0.05, 0.1) is 26.4 Å². The Morgan fingerprint density at radius 2 is 0.516 bits per heavy atom. The topological polar surface area (TPSA) is 55.4 Å². The van der Waals surface area contributed by atoms with Gasteiger partial charge in [0.2, 0.25) is 0 Å². The lowest BCUT2D eigenvalue weighted by Gasteiger charge is -2.38. The van der Waals surface area contributed by atoms with Gasteiger partial charge in [-0.2, -0.15) is 0 Å². The summed E-state index contributed by atoms with van der Waals surface area (Å²) in [6, 6.07) is 25.9. The van der Waals surface area contributed by atoms with Gasteiger partial charge >= 0.3 is 0 Å². The van der Waals surface area contributed by atoms with Crippen molar-refractivity contribution in [3.8, 4) is 46.0 Å². The molecule has 0 aliphatic carbocycles. The minimum Gasteiger partial charge on any atom is -0.493 e. The second-order valence-corrected chi connectivity index (χ2v) is 18.4. The molecular formula is C58H82O6. The fourth-order valence-electron chi connectivity index (χ4n) is 9.38. The van der Waals surface area contributed by atoms with Gasteiger partial charge in [-0.25, -0.2) is 0 Å². The van der Waals surface area contributed by atoms with Crippen LogP contribution in [0.3, 0.4) is 0 Å². The first-order chi connectivity index (χ1) is 31.6. The summed E-state index contributed by atoms with van der Waals surface area (Å²) in [5.41, 5.74) is 4.54. The molecule has 6 nitrogen and oxygen atoms in total. The number of hydrogen-bond donors (Lipinski definition) is 0. The van der Waals surface area contributed by atoms with Crippen LogP contribution in [0, 0.1) is 0 Å². The summed E-state index contributed by atoms with van der Waals surface area (Å²) in [5.74, 6) is 6.58. The zero-order chi connectivity index (χ0) is 44.6. The third-order valence-corrected chi connectivity index (χ3v) is 13.1. The lowest BCUT2D eigenvalue weighted by molar-refractivity contribution is 0.298. The van der Waals surface area contributed by atoms with E-state index in [1.165, 1.54) is 128 Å². The van der Waals surface area contributed by atoms with Gasteiger partial charge in [0, 0.05) is 58.4 Å². The van der Waals surface area contributed by atoms with Crippen molar-refractivity contribution in [2.24, 2.45) is 0 Å².